The second-order valence-corrected chi connectivity index (χ2v) is 6.71. The van der Waals surface area contributed by atoms with Crippen molar-refractivity contribution < 1.29 is 4.79 Å². The minimum atomic E-state index is 0. The van der Waals surface area contributed by atoms with Crippen LogP contribution in [0.4, 0.5) is 0 Å². The summed E-state index contributed by atoms with van der Waals surface area (Å²) in [5.41, 5.74) is 4.33. The fraction of sp³-hybridized carbons (Fsp3) is 0.350. The summed E-state index contributed by atoms with van der Waals surface area (Å²) in [7, 11) is 0. The van der Waals surface area contributed by atoms with E-state index in [2.05, 4.69) is 25.1 Å². The van der Waals surface area contributed by atoms with Crippen molar-refractivity contribution in [3.05, 3.63) is 58.6 Å². The van der Waals surface area contributed by atoms with Crippen LogP contribution in [0.3, 0.4) is 0 Å². The molecule has 1 aliphatic heterocycles. The Morgan fingerprint density at radius 3 is 2.50 bits per heavy atom. The van der Waals surface area contributed by atoms with Gasteiger partial charge in [-0.1, -0.05) is 53.6 Å². The molecule has 1 aliphatic rings. The molecule has 0 aliphatic carbocycles. The van der Waals surface area contributed by atoms with Crippen LogP contribution in [0.5, 0.6) is 0 Å². The maximum atomic E-state index is 12.4. The Morgan fingerprint density at radius 2 is 1.83 bits per heavy atom. The van der Waals surface area contributed by atoms with Crippen LogP contribution in [0.1, 0.15) is 30.4 Å². The topological polar surface area (TPSA) is 20.3 Å². The molecule has 1 heterocycles. The number of benzene rings is 2. The highest BCUT2D eigenvalue weighted by Crippen LogP contribution is 2.29. The summed E-state index contributed by atoms with van der Waals surface area (Å²) >= 11 is 6.46. The Bertz CT molecular complexity index is 709. The molecule has 0 N–H and O–H groups in total. The van der Waals surface area contributed by atoms with Crippen LogP contribution in [0, 0.1) is 6.92 Å². The van der Waals surface area contributed by atoms with Gasteiger partial charge in [0.15, 0.2) is 0 Å². The van der Waals surface area contributed by atoms with E-state index in [1.54, 1.807) is 0 Å². The molecule has 0 atom stereocenters. The molecule has 1 amide bonds. The molecule has 0 aromatic heterocycles. The van der Waals surface area contributed by atoms with Crippen LogP contribution >= 0.6 is 24.0 Å². The number of carbonyl (C=O) groups excluding carboxylic acids is 1. The minimum absolute atomic E-state index is 0. The van der Waals surface area contributed by atoms with Crippen molar-refractivity contribution in [3.63, 3.8) is 0 Å². The molecule has 0 radical (unpaired) electrons. The number of rotatable bonds is 3. The first-order valence-electron chi connectivity index (χ1n) is 8.27. The molecule has 4 heteroatoms. The third kappa shape index (κ3) is 4.52. The lowest BCUT2D eigenvalue weighted by atomic mass is 10.0. The molecule has 2 nitrogen and oxygen atoms in total. The number of carbonyl (C=O) groups is 1. The van der Waals surface area contributed by atoms with Gasteiger partial charge in [-0.2, -0.15) is 0 Å². The van der Waals surface area contributed by atoms with E-state index in [1.165, 1.54) is 12.0 Å². The van der Waals surface area contributed by atoms with Crippen LogP contribution in [0.2, 0.25) is 5.02 Å². The SMILES string of the molecule is Cc1cccc(-c2ccc(CC(=O)N3CCCCC3)cc2Cl)c1.Cl. The number of hydrogen-bond donors (Lipinski definition) is 0. The van der Waals surface area contributed by atoms with Gasteiger partial charge in [-0.25, -0.2) is 0 Å². The van der Waals surface area contributed by atoms with E-state index in [0.717, 1.165) is 42.6 Å². The van der Waals surface area contributed by atoms with Crippen molar-refractivity contribution in [2.24, 2.45) is 0 Å². The maximum absolute atomic E-state index is 12.4. The monoisotopic (exact) mass is 363 g/mol. The first-order valence-corrected chi connectivity index (χ1v) is 8.64. The van der Waals surface area contributed by atoms with E-state index in [1.807, 2.05) is 29.2 Å². The second kappa shape index (κ2) is 8.55. The van der Waals surface area contributed by atoms with E-state index in [0.29, 0.717) is 11.4 Å². The molecule has 24 heavy (non-hydrogen) atoms. The van der Waals surface area contributed by atoms with Gasteiger partial charge in [0.2, 0.25) is 5.91 Å². The number of aryl methyl sites for hydroxylation is 1. The van der Waals surface area contributed by atoms with Gasteiger partial charge in [0.05, 0.1) is 6.42 Å². The molecule has 0 bridgehead atoms. The third-order valence-corrected chi connectivity index (χ3v) is 4.74. The summed E-state index contributed by atoms with van der Waals surface area (Å²) in [5, 5.41) is 0.708. The van der Waals surface area contributed by atoms with Crippen LogP contribution < -0.4 is 0 Å². The molecule has 0 saturated carbocycles. The molecular formula is C20H23Cl2NO. The lowest BCUT2D eigenvalue weighted by molar-refractivity contribution is -0.131. The van der Waals surface area contributed by atoms with Gasteiger partial charge in [-0.15, -0.1) is 12.4 Å². The zero-order valence-electron chi connectivity index (χ0n) is 13.9. The number of amides is 1. The van der Waals surface area contributed by atoms with E-state index in [4.69, 9.17) is 11.6 Å². The van der Waals surface area contributed by atoms with Crippen LogP contribution in [-0.2, 0) is 11.2 Å². The molecule has 128 valence electrons. The Kier molecular flexibility index (Phi) is 6.70. The number of hydrogen-bond acceptors (Lipinski definition) is 1. The highest BCUT2D eigenvalue weighted by molar-refractivity contribution is 6.33. The molecule has 1 fully saturated rings. The van der Waals surface area contributed by atoms with Crippen molar-refractivity contribution in [1.29, 1.82) is 0 Å². The first-order chi connectivity index (χ1) is 11.1. The van der Waals surface area contributed by atoms with Crippen LogP contribution in [-0.4, -0.2) is 23.9 Å². The minimum Gasteiger partial charge on any atom is -0.342 e. The predicted octanol–water partition coefficient (Wildman–Crippen LogP) is 5.29. The quantitative estimate of drug-likeness (QED) is 0.724. The van der Waals surface area contributed by atoms with Gasteiger partial charge in [-0.3, -0.25) is 4.79 Å². The smallest absolute Gasteiger partial charge is 0.226 e. The number of halogens is 2. The average Bonchev–Trinajstić information content (AvgIpc) is 2.56. The molecule has 1 saturated heterocycles. The van der Waals surface area contributed by atoms with Gasteiger partial charge in [0, 0.05) is 23.7 Å². The van der Waals surface area contributed by atoms with Crippen molar-refractivity contribution in [3.8, 4) is 11.1 Å². The highest BCUT2D eigenvalue weighted by atomic mass is 35.5. The molecule has 2 aromatic carbocycles. The Labute approximate surface area is 155 Å². The third-order valence-electron chi connectivity index (χ3n) is 4.43. The standard InChI is InChI=1S/C20H22ClNO.ClH/c1-15-6-5-7-17(12-15)18-9-8-16(13-19(18)21)14-20(23)22-10-3-2-4-11-22;/h5-9,12-13H,2-4,10-11,14H2,1H3;1H. The number of likely N-dealkylation sites (tertiary alicyclic amines) is 1. The number of piperidine rings is 1. The maximum Gasteiger partial charge on any atom is 0.226 e. The normalized spacial score (nSPS) is 14.2. The summed E-state index contributed by atoms with van der Waals surface area (Å²) in [6.07, 6.45) is 3.92. The Balaban J connectivity index is 0.00000208. The molecule has 0 unspecified atom stereocenters. The molecular weight excluding hydrogens is 341 g/mol. The number of nitrogens with zero attached hydrogens (tertiary/aromatic N) is 1. The lowest BCUT2D eigenvalue weighted by Crippen LogP contribution is -2.36. The van der Waals surface area contributed by atoms with Crippen molar-refractivity contribution in [2.45, 2.75) is 32.6 Å². The van der Waals surface area contributed by atoms with Gasteiger partial charge < -0.3 is 4.90 Å². The van der Waals surface area contributed by atoms with Crippen LogP contribution in [0.25, 0.3) is 11.1 Å². The molecule has 3 rings (SSSR count). The zero-order chi connectivity index (χ0) is 16.2. The largest absolute Gasteiger partial charge is 0.342 e. The first kappa shape index (κ1) is 18.8. The summed E-state index contributed by atoms with van der Waals surface area (Å²) in [6, 6.07) is 14.3. The van der Waals surface area contributed by atoms with Gasteiger partial charge in [0.1, 0.15) is 0 Å². The highest BCUT2D eigenvalue weighted by Gasteiger charge is 2.17. The van der Waals surface area contributed by atoms with Crippen molar-refractivity contribution in [1.82, 2.24) is 4.90 Å². The Hall–Kier alpha value is -1.51. The van der Waals surface area contributed by atoms with Crippen molar-refractivity contribution >= 4 is 29.9 Å². The van der Waals surface area contributed by atoms with Crippen molar-refractivity contribution in [2.75, 3.05) is 13.1 Å². The fourth-order valence-corrected chi connectivity index (χ4v) is 3.46. The lowest BCUT2D eigenvalue weighted by Gasteiger charge is -2.26. The van der Waals surface area contributed by atoms with Crippen LogP contribution in [0.15, 0.2) is 42.5 Å². The molecule has 0 spiro atoms. The van der Waals surface area contributed by atoms with E-state index in [-0.39, 0.29) is 18.3 Å². The zero-order valence-corrected chi connectivity index (χ0v) is 15.5. The summed E-state index contributed by atoms with van der Waals surface area (Å²) in [5.74, 6) is 0.212. The summed E-state index contributed by atoms with van der Waals surface area (Å²) < 4.78 is 0. The van der Waals surface area contributed by atoms with E-state index < -0.39 is 0 Å². The Morgan fingerprint density at radius 1 is 1.08 bits per heavy atom. The predicted molar refractivity (Wildman–Crippen MR) is 103 cm³/mol. The second-order valence-electron chi connectivity index (χ2n) is 6.30. The van der Waals surface area contributed by atoms with E-state index >= 15 is 0 Å². The molecule has 2 aromatic rings. The average molecular weight is 364 g/mol. The van der Waals surface area contributed by atoms with Gasteiger partial charge >= 0.3 is 0 Å². The van der Waals surface area contributed by atoms with Gasteiger partial charge in [0.25, 0.3) is 0 Å². The van der Waals surface area contributed by atoms with E-state index in [9.17, 15) is 4.79 Å². The summed E-state index contributed by atoms with van der Waals surface area (Å²) in [6.45, 7) is 3.87. The fourth-order valence-electron chi connectivity index (χ4n) is 3.15. The van der Waals surface area contributed by atoms with Gasteiger partial charge in [-0.05, 0) is 43.4 Å². The summed E-state index contributed by atoms with van der Waals surface area (Å²) in [4.78, 5) is 14.3.